The number of aliphatic carboxylic acids is 1. The number of methoxy groups -OCH3 is 1. The summed E-state index contributed by atoms with van der Waals surface area (Å²) in [6, 6.07) is 5.72. The number of hydrogen-bond acceptors (Lipinski definition) is 3. The molecule has 1 N–H and O–H groups in total. The normalized spacial score (nSPS) is 12.2. The molecule has 0 aliphatic heterocycles. The number of ether oxygens (including phenoxy) is 2. The monoisotopic (exact) mass is 252 g/mol. The maximum Gasteiger partial charge on any atom is 0.333 e. The van der Waals surface area contributed by atoms with Gasteiger partial charge in [-0.1, -0.05) is 24.6 Å². The molecule has 4 nitrogen and oxygen atoms in total. The molecule has 0 saturated heterocycles. The van der Waals surface area contributed by atoms with Crippen LogP contribution in [-0.2, 0) is 16.0 Å². The summed E-state index contributed by atoms with van der Waals surface area (Å²) in [7, 11) is 1.58. The molecular formula is C14H20O4. The summed E-state index contributed by atoms with van der Waals surface area (Å²) in [5.74, 6) is -0.237. The average Bonchev–Trinajstić information content (AvgIpc) is 2.34. The number of benzene rings is 1. The summed E-state index contributed by atoms with van der Waals surface area (Å²) >= 11 is 0. The highest BCUT2D eigenvalue weighted by atomic mass is 16.5. The van der Waals surface area contributed by atoms with Gasteiger partial charge in [-0.05, 0) is 25.0 Å². The van der Waals surface area contributed by atoms with Crippen LogP contribution in [0.5, 0.6) is 5.75 Å². The Labute approximate surface area is 108 Å². The fraction of sp³-hybridized carbons (Fsp3) is 0.500. The van der Waals surface area contributed by atoms with Gasteiger partial charge in [-0.15, -0.1) is 0 Å². The molecule has 0 bridgehead atoms. The lowest BCUT2D eigenvalue weighted by Crippen LogP contribution is -2.27. The van der Waals surface area contributed by atoms with E-state index in [0.29, 0.717) is 18.8 Å². The van der Waals surface area contributed by atoms with Crippen molar-refractivity contribution in [2.45, 2.75) is 32.8 Å². The molecule has 1 rings (SSSR count). The van der Waals surface area contributed by atoms with Crippen LogP contribution in [-0.4, -0.2) is 30.9 Å². The van der Waals surface area contributed by atoms with Crippen molar-refractivity contribution in [2.24, 2.45) is 0 Å². The third-order valence-electron chi connectivity index (χ3n) is 2.64. The Morgan fingerprint density at radius 1 is 1.44 bits per heavy atom. The molecule has 0 spiro atoms. The van der Waals surface area contributed by atoms with Crippen molar-refractivity contribution in [3.05, 3.63) is 29.3 Å². The second kappa shape index (κ2) is 7.01. The van der Waals surface area contributed by atoms with Crippen LogP contribution in [0.2, 0.25) is 0 Å². The van der Waals surface area contributed by atoms with Crippen LogP contribution in [0.25, 0.3) is 0 Å². The van der Waals surface area contributed by atoms with Gasteiger partial charge in [0.1, 0.15) is 5.75 Å². The zero-order valence-corrected chi connectivity index (χ0v) is 11.1. The van der Waals surface area contributed by atoms with E-state index in [1.54, 1.807) is 7.11 Å². The van der Waals surface area contributed by atoms with Gasteiger partial charge >= 0.3 is 5.97 Å². The molecule has 0 aliphatic rings. The molecule has 0 amide bonds. The van der Waals surface area contributed by atoms with E-state index in [1.807, 2.05) is 32.0 Å². The van der Waals surface area contributed by atoms with Crippen LogP contribution < -0.4 is 4.74 Å². The van der Waals surface area contributed by atoms with Crippen molar-refractivity contribution < 1.29 is 19.4 Å². The van der Waals surface area contributed by atoms with Crippen LogP contribution in [0.3, 0.4) is 0 Å². The van der Waals surface area contributed by atoms with Crippen molar-refractivity contribution in [3.8, 4) is 5.75 Å². The Balaban J connectivity index is 2.85. The predicted molar refractivity (Wildman–Crippen MR) is 69.1 cm³/mol. The maximum absolute atomic E-state index is 11.1. The van der Waals surface area contributed by atoms with Crippen LogP contribution in [0, 0.1) is 6.92 Å². The fourth-order valence-corrected chi connectivity index (χ4v) is 1.74. The molecule has 0 fully saturated rings. The predicted octanol–water partition coefficient (Wildman–Crippen LogP) is 2.43. The second-order valence-corrected chi connectivity index (χ2v) is 4.22. The smallest absolute Gasteiger partial charge is 0.333 e. The van der Waals surface area contributed by atoms with Gasteiger partial charge in [0.2, 0.25) is 0 Å². The van der Waals surface area contributed by atoms with E-state index in [-0.39, 0.29) is 0 Å². The molecule has 0 radical (unpaired) electrons. The topological polar surface area (TPSA) is 55.8 Å². The van der Waals surface area contributed by atoms with Crippen LogP contribution in [0.4, 0.5) is 0 Å². The summed E-state index contributed by atoms with van der Waals surface area (Å²) in [5.41, 5.74) is 1.94. The average molecular weight is 252 g/mol. The van der Waals surface area contributed by atoms with Crippen molar-refractivity contribution in [2.75, 3.05) is 13.7 Å². The van der Waals surface area contributed by atoms with Crippen molar-refractivity contribution in [3.63, 3.8) is 0 Å². The van der Waals surface area contributed by atoms with E-state index in [1.165, 1.54) is 0 Å². The lowest BCUT2D eigenvalue weighted by atomic mass is 10.0. The van der Waals surface area contributed by atoms with Gasteiger partial charge in [-0.2, -0.15) is 0 Å². The SMILES string of the molecule is CCCO[C@H](Cc1cc(C)ccc1OC)C(=O)O. The molecule has 1 aromatic rings. The Kier molecular flexibility index (Phi) is 5.65. The Hall–Kier alpha value is -1.55. The minimum atomic E-state index is -0.938. The van der Waals surface area contributed by atoms with Gasteiger partial charge < -0.3 is 14.6 Å². The van der Waals surface area contributed by atoms with Crippen LogP contribution >= 0.6 is 0 Å². The summed E-state index contributed by atoms with van der Waals surface area (Å²) in [4.78, 5) is 11.1. The molecule has 0 unspecified atom stereocenters. The first kappa shape index (κ1) is 14.5. The van der Waals surface area contributed by atoms with Gasteiger partial charge in [-0.3, -0.25) is 0 Å². The minimum Gasteiger partial charge on any atom is -0.496 e. The highest BCUT2D eigenvalue weighted by molar-refractivity contribution is 5.73. The number of hydrogen-bond donors (Lipinski definition) is 1. The molecule has 18 heavy (non-hydrogen) atoms. The third kappa shape index (κ3) is 4.04. The van der Waals surface area contributed by atoms with Gasteiger partial charge in [0.25, 0.3) is 0 Å². The van der Waals surface area contributed by atoms with Gasteiger partial charge in [-0.25, -0.2) is 4.79 Å². The zero-order chi connectivity index (χ0) is 13.5. The third-order valence-corrected chi connectivity index (χ3v) is 2.64. The van der Waals surface area contributed by atoms with Gasteiger partial charge in [0.05, 0.1) is 7.11 Å². The van der Waals surface area contributed by atoms with Crippen molar-refractivity contribution in [1.29, 1.82) is 0 Å². The number of carboxylic acids is 1. The van der Waals surface area contributed by atoms with E-state index in [4.69, 9.17) is 14.6 Å². The van der Waals surface area contributed by atoms with Crippen molar-refractivity contribution >= 4 is 5.97 Å². The lowest BCUT2D eigenvalue weighted by molar-refractivity contribution is -0.150. The summed E-state index contributed by atoms with van der Waals surface area (Å²) < 4.78 is 10.6. The first-order valence-corrected chi connectivity index (χ1v) is 6.06. The summed E-state index contributed by atoms with van der Waals surface area (Å²) in [5, 5.41) is 9.13. The molecule has 4 heteroatoms. The quantitative estimate of drug-likeness (QED) is 0.809. The first-order chi connectivity index (χ1) is 8.58. The standard InChI is InChI=1S/C14H20O4/c1-4-7-18-13(14(15)16)9-11-8-10(2)5-6-12(11)17-3/h5-6,8,13H,4,7,9H2,1-3H3,(H,15,16)/t13-/m1/s1. The molecule has 0 aromatic heterocycles. The molecule has 0 saturated carbocycles. The largest absolute Gasteiger partial charge is 0.496 e. The number of aryl methyl sites for hydroxylation is 1. The molecule has 0 aliphatic carbocycles. The Bertz CT molecular complexity index is 401. The maximum atomic E-state index is 11.1. The Morgan fingerprint density at radius 2 is 2.17 bits per heavy atom. The van der Waals surface area contributed by atoms with Crippen molar-refractivity contribution in [1.82, 2.24) is 0 Å². The molecule has 0 heterocycles. The van der Waals surface area contributed by atoms with Gasteiger partial charge in [0, 0.05) is 13.0 Å². The van der Waals surface area contributed by atoms with E-state index in [2.05, 4.69) is 0 Å². The zero-order valence-electron chi connectivity index (χ0n) is 11.1. The molecular weight excluding hydrogens is 232 g/mol. The minimum absolute atomic E-state index is 0.320. The fourth-order valence-electron chi connectivity index (χ4n) is 1.74. The van der Waals surface area contributed by atoms with E-state index < -0.39 is 12.1 Å². The lowest BCUT2D eigenvalue weighted by Gasteiger charge is -2.15. The highest BCUT2D eigenvalue weighted by Gasteiger charge is 2.20. The summed E-state index contributed by atoms with van der Waals surface area (Å²) in [6.07, 6.45) is 0.301. The Morgan fingerprint density at radius 3 is 2.72 bits per heavy atom. The first-order valence-electron chi connectivity index (χ1n) is 6.06. The summed E-state index contributed by atoms with van der Waals surface area (Å²) in [6.45, 7) is 4.36. The van der Waals surface area contributed by atoms with E-state index in [9.17, 15) is 4.79 Å². The molecule has 1 atom stereocenters. The second-order valence-electron chi connectivity index (χ2n) is 4.22. The van der Waals surface area contributed by atoms with Gasteiger partial charge in [0.15, 0.2) is 6.10 Å². The van der Waals surface area contributed by atoms with Crippen LogP contribution in [0.15, 0.2) is 18.2 Å². The van der Waals surface area contributed by atoms with E-state index >= 15 is 0 Å². The number of rotatable bonds is 7. The highest BCUT2D eigenvalue weighted by Crippen LogP contribution is 2.22. The number of carbonyl (C=O) groups is 1. The van der Waals surface area contributed by atoms with Crippen LogP contribution in [0.1, 0.15) is 24.5 Å². The molecule has 1 aromatic carbocycles. The molecule has 100 valence electrons. The number of carboxylic acid groups (broad SMARTS) is 1. The van der Waals surface area contributed by atoms with E-state index in [0.717, 1.165) is 17.5 Å².